The SMILES string of the molecule is CC(C)OC1=CC(/C=C/CCN)=CN(C)C1. The van der Waals surface area contributed by atoms with Crippen LogP contribution in [0.5, 0.6) is 0 Å². The van der Waals surface area contributed by atoms with E-state index in [1.807, 2.05) is 20.9 Å². The molecule has 0 fully saturated rings. The lowest BCUT2D eigenvalue weighted by Crippen LogP contribution is -2.21. The Morgan fingerprint density at radius 3 is 2.94 bits per heavy atom. The van der Waals surface area contributed by atoms with Gasteiger partial charge < -0.3 is 15.4 Å². The summed E-state index contributed by atoms with van der Waals surface area (Å²) in [6.45, 7) is 5.62. The molecule has 1 aliphatic heterocycles. The van der Waals surface area contributed by atoms with Gasteiger partial charge in [0.2, 0.25) is 0 Å². The van der Waals surface area contributed by atoms with Gasteiger partial charge in [0.05, 0.1) is 12.6 Å². The number of ether oxygens (including phenoxy) is 1. The van der Waals surface area contributed by atoms with Gasteiger partial charge in [-0.1, -0.05) is 12.2 Å². The van der Waals surface area contributed by atoms with Gasteiger partial charge in [-0.05, 0) is 38.5 Å². The zero-order chi connectivity index (χ0) is 12.0. The summed E-state index contributed by atoms with van der Waals surface area (Å²) >= 11 is 0. The highest BCUT2D eigenvalue weighted by Gasteiger charge is 2.09. The first-order valence-corrected chi connectivity index (χ1v) is 5.77. The number of hydrogen-bond acceptors (Lipinski definition) is 3. The maximum atomic E-state index is 5.72. The van der Waals surface area contributed by atoms with Gasteiger partial charge in [-0.15, -0.1) is 0 Å². The van der Waals surface area contributed by atoms with E-state index in [4.69, 9.17) is 10.5 Å². The van der Waals surface area contributed by atoms with E-state index in [-0.39, 0.29) is 6.10 Å². The van der Waals surface area contributed by atoms with E-state index in [0.29, 0.717) is 6.54 Å². The molecule has 0 aliphatic carbocycles. The molecule has 0 spiro atoms. The fourth-order valence-electron chi connectivity index (χ4n) is 1.60. The first kappa shape index (κ1) is 12.8. The molecule has 16 heavy (non-hydrogen) atoms. The summed E-state index contributed by atoms with van der Waals surface area (Å²) < 4.78 is 5.72. The second-order valence-corrected chi connectivity index (χ2v) is 4.30. The van der Waals surface area contributed by atoms with Crippen LogP contribution in [0.4, 0.5) is 0 Å². The van der Waals surface area contributed by atoms with E-state index in [1.165, 1.54) is 0 Å². The number of allylic oxidation sites excluding steroid dienone is 3. The van der Waals surface area contributed by atoms with Crippen molar-refractivity contribution in [1.82, 2.24) is 4.90 Å². The van der Waals surface area contributed by atoms with Crippen LogP contribution in [0, 0.1) is 0 Å². The van der Waals surface area contributed by atoms with Crippen molar-refractivity contribution in [1.29, 1.82) is 0 Å². The molecular weight excluding hydrogens is 200 g/mol. The molecule has 0 bridgehead atoms. The van der Waals surface area contributed by atoms with Crippen molar-refractivity contribution >= 4 is 0 Å². The minimum Gasteiger partial charge on any atom is -0.493 e. The Morgan fingerprint density at radius 1 is 1.56 bits per heavy atom. The van der Waals surface area contributed by atoms with E-state index < -0.39 is 0 Å². The summed E-state index contributed by atoms with van der Waals surface area (Å²) in [5.74, 6) is 1.02. The smallest absolute Gasteiger partial charge is 0.116 e. The first-order valence-electron chi connectivity index (χ1n) is 5.77. The van der Waals surface area contributed by atoms with Crippen LogP contribution < -0.4 is 5.73 Å². The number of hydrogen-bond donors (Lipinski definition) is 1. The van der Waals surface area contributed by atoms with Crippen LogP contribution in [0.25, 0.3) is 0 Å². The highest BCUT2D eigenvalue weighted by atomic mass is 16.5. The number of likely N-dealkylation sites (N-methyl/N-ethyl adjacent to an activating group) is 1. The van der Waals surface area contributed by atoms with E-state index in [0.717, 1.165) is 24.3 Å². The van der Waals surface area contributed by atoms with Gasteiger partial charge in [-0.2, -0.15) is 0 Å². The Kier molecular flexibility index (Phi) is 5.12. The molecule has 1 rings (SSSR count). The molecule has 0 amide bonds. The average Bonchev–Trinajstić information content (AvgIpc) is 2.16. The van der Waals surface area contributed by atoms with Gasteiger partial charge in [0.1, 0.15) is 5.76 Å². The van der Waals surface area contributed by atoms with Crippen LogP contribution in [0.2, 0.25) is 0 Å². The summed E-state index contributed by atoms with van der Waals surface area (Å²) in [5.41, 5.74) is 6.61. The van der Waals surface area contributed by atoms with E-state index >= 15 is 0 Å². The zero-order valence-corrected chi connectivity index (χ0v) is 10.4. The van der Waals surface area contributed by atoms with Crippen LogP contribution in [-0.4, -0.2) is 31.1 Å². The molecule has 0 aromatic carbocycles. The predicted molar refractivity (Wildman–Crippen MR) is 67.8 cm³/mol. The van der Waals surface area contributed by atoms with Crippen LogP contribution in [-0.2, 0) is 4.74 Å². The van der Waals surface area contributed by atoms with Gasteiger partial charge in [-0.3, -0.25) is 0 Å². The third kappa shape index (κ3) is 4.53. The Labute approximate surface area is 98.3 Å². The number of nitrogens with two attached hydrogens (primary N) is 1. The standard InChI is InChI=1S/C13H22N2O/c1-11(2)16-13-8-12(6-4-5-7-14)9-15(3)10-13/h4,6,8-9,11H,5,7,10,14H2,1-3H3/b6-4+. The summed E-state index contributed by atoms with van der Waals surface area (Å²) in [6.07, 6.45) is 9.52. The Bertz CT molecular complexity index is 303. The van der Waals surface area contributed by atoms with Gasteiger partial charge in [-0.25, -0.2) is 0 Å². The molecule has 0 aromatic heterocycles. The largest absolute Gasteiger partial charge is 0.493 e. The summed E-state index contributed by atoms with van der Waals surface area (Å²) in [7, 11) is 2.05. The average molecular weight is 222 g/mol. The van der Waals surface area contributed by atoms with Crippen LogP contribution >= 0.6 is 0 Å². The molecule has 90 valence electrons. The highest BCUT2D eigenvalue weighted by molar-refractivity contribution is 5.34. The quantitative estimate of drug-likeness (QED) is 0.773. The lowest BCUT2D eigenvalue weighted by atomic mass is 10.1. The Hall–Kier alpha value is -1.22. The molecule has 1 aliphatic rings. The molecule has 0 aromatic rings. The Morgan fingerprint density at radius 2 is 2.31 bits per heavy atom. The van der Waals surface area contributed by atoms with Crippen molar-refractivity contribution in [3.05, 3.63) is 35.8 Å². The third-order valence-corrected chi connectivity index (χ3v) is 2.13. The molecular formula is C13H22N2O. The molecule has 0 unspecified atom stereocenters. The molecule has 0 atom stereocenters. The lowest BCUT2D eigenvalue weighted by molar-refractivity contribution is 0.131. The molecule has 1 heterocycles. The van der Waals surface area contributed by atoms with Gasteiger partial charge in [0.25, 0.3) is 0 Å². The zero-order valence-electron chi connectivity index (χ0n) is 10.4. The number of nitrogens with zero attached hydrogens (tertiary/aromatic N) is 1. The van der Waals surface area contributed by atoms with Gasteiger partial charge >= 0.3 is 0 Å². The topological polar surface area (TPSA) is 38.5 Å². The highest BCUT2D eigenvalue weighted by Crippen LogP contribution is 2.16. The maximum absolute atomic E-state index is 5.72. The van der Waals surface area contributed by atoms with Crippen molar-refractivity contribution in [3.8, 4) is 0 Å². The van der Waals surface area contributed by atoms with E-state index in [2.05, 4.69) is 29.3 Å². The minimum atomic E-state index is 0.229. The molecule has 3 nitrogen and oxygen atoms in total. The first-order chi connectivity index (χ1) is 7.61. The van der Waals surface area contributed by atoms with Crippen molar-refractivity contribution < 1.29 is 4.74 Å². The monoisotopic (exact) mass is 222 g/mol. The summed E-state index contributed by atoms with van der Waals surface area (Å²) in [5, 5.41) is 0. The van der Waals surface area contributed by atoms with E-state index in [9.17, 15) is 0 Å². The fraction of sp³-hybridized carbons (Fsp3) is 0.538. The van der Waals surface area contributed by atoms with Crippen LogP contribution in [0.15, 0.2) is 35.8 Å². The molecule has 2 N–H and O–H groups in total. The molecule has 0 saturated heterocycles. The normalized spacial score (nSPS) is 16.7. The second-order valence-electron chi connectivity index (χ2n) is 4.30. The summed E-state index contributed by atoms with van der Waals surface area (Å²) in [4.78, 5) is 2.12. The van der Waals surface area contributed by atoms with Crippen molar-refractivity contribution in [2.75, 3.05) is 20.1 Å². The molecule has 3 heteroatoms. The fourth-order valence-corrected chi connectivity index (χ4v) is 1.60. The predicted octanol–water partition coefficient (Wildman–Crippen LogP) is 2.03. The minimum absolute atomic E-state index is 0.229. The molecule has 0 radical (unpaired) electrons. The van der Waals surface area contributed by atoms with Gasteiger partial charge in [0, 0.05) is 13.2 Å². The van der Waals surface area contributed by atoms with Crippen LogP contribution in [0.3, 0.4) is 0 Å². The van der Waals surface area contributed by atoms with Crippen molar-refractivity contribution in [2.24, 2.45) is 5.73 Å². The van der Waals surface area contributed by atoms with E-state index in [1.54, 1.807) is 0 Å². The lowest BCUT2D eigenvalue weighted by Gasteiger charge is -2.24. The number of rotatable bonds is 5. The van der Waals surface area contributed by atoms with Crippen molar-refractivity contribution in [3.63, 3.8) is 0 Å². The van der Waals surface area contributed by atoms with Crippen molar-refractivity contribution in [2.45, 2.75) is 26.4 Å². The third-order valence-electron chi connectivity index (χ3n) is 2.13. The Balaban J connectivity index is 2.64. The second kappa shape index (κ2) is 6.38. The maximum Gasteiger partial charge on any atom is 0.116 e. The molecule has 0 saturated carbocycles. The van der Waals surface area contributed by atoms with Crippen LogP contribution in [0.1, 0.15) is 20.3 Å². The van der Waals surface area contributed by atoms with Gasteiger partial charge in [0.15, 0.2) is 0 Å². The summed E-state index contributed by atoms with van der Waals surface area (Å²) in [6, 6.07) is 0.